The highest BCUT2D eigenvalue weighted by atomic mass is 16.5. The normalized spacial score (nSPS) is 10.3. The number of pyridine rings is 1. The summed E-state index contributed by atoms with van der Waals surface area (Å²) >= 11 is 0. The molecule has 0 spiro atoms. The zero-order valence-corrected chi connectivity index (χ0v) is 15.2. The van der Waals surface area contributed by atoms with Crippen LogP contribution in [0.4, 0.5) is 17.5 Å². The average Bonchev–Trinajstić information content (AvgIpc) is 3.07. The Bertz CT molecular complexity index is 932. The maximum atomic E-state index is 9.43. The van der Waals surface area contributed by atoms with Crippen molar-refractivity contribution in [1.29, 1.82) is 5.26 Å². The second-order valence-corrected chi connectivity index (χ2v) is 5.88. The lowest BCUT2D eigenvalue weighted by Crippen LogP contribution is -2.11. The third-order valence-electron chi connectivity index (χ3n) is 3.68. The van der Waals surface area contributed by atoms with Crippen molar-refractivity contribution in [1.82, 2.24) is 25.1 Å². The predicted molar refractivity (Wildman–Crippen MR) is 101 cm³/mol. The zero-order chi connectivity index (χ0) is 19.1. The first-order valence-corrected chi connectivity index (χ1v) is 8.50. The van der Waals surface area contributed by atoms with E-state index in [1.165, 1.54) is 0 Å². The number of aromatic nitrogens is 5. The molecule has 0 saturated heterocycles. The molecule has 0 fully saturated rings. The minimum atomic E-state index is 0.352. The third-order valence-corrected chi connectivity index (χ3v) is 3.68. The lowest BCUT2D eigenvalue weighted by atomic mass is 10.1. The van der Waals surface area contributed by atoms with Crippen LogP contribution in [-0.2, 0) is 0 Å². The standard InChI is InChI=1S/C18H20N8O/c1-12-9-15(23-16-10-13(2)25-26-16)24-17(14(12)11-19)20-7-4-8-27-18-21-5-3-6-22-18/h3,5-6,9-10H,4,7-8H2,1-2H3,(H3,20,23,24,25,26). The number of hydrogen-bond donors (Lipinski definition) is 3. The van der Waals surface area contributed by atoms with Crippen molar-refractivity contribution >= 4 is 17.5 Å². The summed E-state index contributed by atoms with van der Waals surface area (Å²) < 4.78 is 5.46. The molecule has 138 valence electrons. The van der Waals surface area contributed by atoms with Crippen LogP contribution < -0.4 is 15.4 Å². The summed E-state index contributed by atoms with van der Waals surface area (Å²) in [6.07, 6.45) is 3.97. The quantitative estimate of drug-likeness (QED) is 0.521. The molecule has 0 aliphatic rings. The first kappa shape index (κ1) is 18.1. The van der Waals surface area contributed by atoms with Gasteiger partial charge in [-0.15, -0.1) is 0 Å². The summed E-state index contributed by atoms with van der Waals surface area (Å²) in [5, 5.41) is 22.8. The van der Waals surface area contributed by atoms with Crippen molar-refractivity contribution in [2.24, 2.45) is 0 Å². The van der Waals surface area contributed by atoms with E-state index in [4.69, 9.17) is 4.74 Å². The summed E-state index contributed by atoms with van der Waals surface area (Å²) in [6, 6.07) is 7.99. The number of hydrogen-bond acceptors (Lipinski definition) is 8. The molecule has 3 N–H and O–H groups in total. The van der Waals surface area contributed by atoms with Crippen molar-refractivity contribution in [3.63, 3.8) is 0 Å². The first-order valence-electron chi connectivity index (χ1n) is 8.50. The smallest absolute Gasteiger partial charge is 0.316 e. The van der Waals surface area contributed by atoms with Crippen molar-refractivity contribution in [3.05, 3.63) is 47.4 Å². The van der Waals surface area contributed by atoms with Gasteiger partial charge in [0.05, 0.1) is 12.2 Å². The lowest BCUT2D eigenvalue weighted by molar-refractivity contribution is 0.290. The highest BCUT2D eigenvalue weighted by molar-refractivity contribution is 5.63. The summed E-state index contributed by atoms with van der Waals surface area (Å²) in [4.78, 5) is 12.5. The molecule has 9 heteroatoms. The zero-order valence-electron chi connectivity index (χ0n) is 15.2. The Hall–Kier alpha value is -3.67. The molecule has 0 aliphatic carbocycles. The van der Waals surface area contributed by atoms with Crippen LogP contribution in [-0.4, -0.2) is 38.3 Å². The molecule has 0 unspecified atom stereocenters. The highest BCUT2D eigenvalue weighted by Gasteiger charge is 2.11. The molecule has 0 aliphatic heterocycles. The van der Waals surface area contributed by atoms with Crippen LogP contribution in [0, 0.1) is 25.2 Å². The topological polar surface area (TPSA) is 124 Å². The van der Waals surface area contributed by atoms with Gasteiger partial charge in [-0.3, -0.25) is 5.10 Å². The van der Waals surface area contributed by atoms with Gasteiger partial charge in [-0.05, 0) is 38.0 Å². The fourth-order valence-electron chi connectivity index (χ4n) is 2.42. The number of nitrogens with zero attached hydrogens (tertiary/aromatic N) is 5. The van der Waals surface area contributed by atoms with Gasteiger partial charge in [-0.2, -0.15) is 10.4 Å². The van der Waals surface area contributed by atoms with Gasteiger partial charge in [-0.25, -0.2) is 15.0 Å². The van der Waals surface area contributed by atoms with Crippen molar-refractivity contribution < 1.29 is 4.74 Å². The fraction of sp³-hybridized carbons (Fsp3) is 0.278. The monoisotopic (exact) mass is 364 g/mol. The maximum absolute atomic E-state index is 9.43. The van der Waals surface area contributed by atoms with Gasteiger partial charge in [0.2, 0.25) is 0 Å². The molecule has 3 heterocycles. The van der Waals surface area contributed by atoms with Gasteiger partial charge in [0.25, 0.3) is 0 Å². The molecule has 0 aromatic carbocycles. The molecule has 27 heavy (non-hydrogen) atoms. The Balaban J connectivity index is 1.60. The minimum absolute atomic E-state index is 0.352. The molecular formula is C18H20N8O. The number of H-pyrrole nitrogens is 1. The van der Waals surface area contributed by atoms with E-state index in [2.05, 4.69) is 41.9 Å². The molecule has 3 rings (SSSR count). The highest BCUT2D eigenvalue weighted by Crippen LogP contribution is 2.22. The van der Waals surface area contributed by atoms with Gasteiger partial charge in [0.15, 0.2) is 5.82 Å². The van der Waals surface area contributed by atoms with Gasteiger partial charge in [0, 0.05) is 30.7 Å². The molecule has 0 amide bonds. The Morgan fingerprint density at radius 1 is 1.19 bits per heavy atom. The van der Waals surface area contributed by atoms with Crippen LogP contribution in [0.25, 0.3) is 0 Å². The van der Waals surface area contributed by atoms with E-state index in [0.717, 1.165) is 11.3 Å². The maximum Gasteiger partial charge on any atom is 0.316 e. The minimum Gasteiger partial charge on any atom is -0.463 e. The number of aromatic amines is 1. The molecule has 0 atom stereocenters. The number of anilines is 3. The van der Waals surface area contributed by atoms with Crippen LogP contribution in [0.2, 0.25) is 0 Å². The van der Waals surface area contributed by atoms with E-state index < -0.39 is 0 Å². The number of nitrogens with one attached hydrogen (secondary N) is 3. The Morgan fingerprint density at radius 2 is 2.00 bits per heavy atom. The van der Waals surface area contributed by atoms with Gasteiger partial charge in [-0.1, -0.05) is 0 Å². The van der Waals surface area contributed by atoms with E-state index in [1.807, 2.05) is 26.0 Å². The van der Waals surface area contributed by atoms with E-state index >= 15 is 0 Å². The summed E-state index contributed by atoms with van der Waals surface area (Å²) in [7, 11) is 0. The van der Waals surface area contributed by atoms with E-state index in [1.54, 1.807) is 18.5 Å². The van der Waals surface area contributed by atoms with E-state index in [9.17, 15) is 5.26 Å². The number of aryl methyl sites for hydroxylation is 2. The van der Waals surface area contributed by atoms with Crippen molar-refractivity contribution in [2.75, 3.05) is 23.8 Å². The number of rotatable bonds is 8. The number of nitriles is 1. The molecule has 0 radical (unpaired) electrons. The Kier molecular flexibility index (Phi) is 5.79. The average molecular weight is 364 g/mol. The second kappa shape index (κ2) is 8.62. The molecule has 3 aromatic heterocycles. The first-order chi connectivity index (χ1) is 13.2. The molecule has 0 bridgehead atoms. The van der Waals surface area contributed by atoms with Crippen LogP contribution in [0.1, 0.15) is 23.2 Å². The third kappa shape index (κ3) is 4.92. The summed E-state index contributed by atoms with van der Waals surface area (Å²) in [6.45, 7) is 4.86. The van der Waals surface area contributed by atoms with E-state index in [0.29, 0.717) is 48.6 Å². The number of ether oxygens (including phenoxy) is 1. The summed E-state index contributed by atoms with van der Waals surface area (Å²) in [5.74, 6) is 1.82. The largest absolute Gasteiger partial charge is 0.463 e. The molecule has 0 saturated carbocycles. The van der Waals surface area contributed by atoms with Crippen molar-refractivity contribution in [2.45, 2.75) is 20.3 Å². The van der Waals surface area contributed by atoms with E-state index in [-0.39, 0.29) is 0 Å². The van der Waals surface area contributed by atoms with Gasteiger partial charge >= 0.3 is 6.01 Å². The SMILES string of the molecule is Cc1cc(Nc2cc(C)c(C#N)c(NCCCOc3ncccn3)n2)n[nH]1. The molecule has 3 aromatic rings. The Labute approximate surface area is 156 Å². The fourth-order valence-corrected chi connectivity index (χ4v) is 2.42. The van der Waals surface area contributed by atoms with Gasteiger partial charge < -0.3 is 15.4 Å². The summed E-state index contributed by atoms with van der Waals surface area (Å²) in [5.41, 5.74) is 2.30. The molecule has 9 nitrogen and oxygen atoms in total. The van der Waals surface area contributed by atoms with Crippen LogP contribution >= 0.6 is 0 Å². The van der Waals surface area contributed by atoms with Crippen LogP contribution in [0.15, 0.2) is 30.6 Å². The molecular weight excluding hydrogens is 344 g/mol. The lowest BCUT2D eigenvalue weighted by Gasteiger charge is -2.12. The van der Waals surface area contributed by atoms with Crippen LogP contribution in [0.5, 0.6) is 6.01 Å². The van der Waals surface area contributed by atoms with Crippen molar-refractivity contribution in [3.8, 4) is 12.1 Å². The Morgan fingerprint density at radius 3 is 2.70 bits per heavy atom. The van der Waals surface area contributed by atoms with Gasteiger partial charge in [0.1, 0.15) is 17.7 Å². The van der Waals surface area contributed by atoms with Crippen LogP contribution in [0.3, 0.4) is 0 Å². The predicted octanol–water partition coefficient (Wildman–Crippen LogP) is 2.71. The second-order valence-electron chi connectivity index (χ2n) is 5.88.